The fourth-order valence-corrected chi connectivity index (χ4v) is 1.19. The van der Waals surface area contributed by atoms with Gasteiger partial charge in [0.05, 0.1) is 11.9 Å². The Morgan fingerprint density at radius 1 is 0.593 bits per heavy atom. The van der Waals surface area contributed by atoms with E-state index in [2.05, 4.69) is 0 Å². The molecule has 0 saturated carbocycles. The van der Waals surface area contributed by atoms with Gasteiger partial charge in [0.15, 0.2) is 11.6 Å². The Balaban J connectivity index is -0.000000411. The number of carbonyl (C=O) groups is 4. The molecule has 0 saturated heterocycles. The number of Topliss-reactive ketones (excluding diaryl/α,β-unsaturated/α-hetero) is 2. The molecule has 0 aliphatic rings. The molecular formula is C12H18CaO14. The molecule has 0 aromatic carbocycles. The van der Waals surface area contributed by atoms with Gasteiger partial charge in [0.2, 0.25) is 0 Å². The molecule has 0 aromatic rings. The van der Waals surface area contributed by atoms with Crippen molar-refractivity contribution in [2.75, 3.05) is 13.2 Å². The van der Waals surface area contributed by atoms with E-state index >= 15 is 0 Å². The van der Waals surface area contributed by atoms with Crippen LogP contribution >= 0.6 is 0 Å². The van der Waals surface area contributed by atoms with Crippen LogP contribution in [0, 0.1) is 0 Å². The summed E-state index contributed by atoms with van der Waals surface area (Å²) in [4.78, 5) is 40.9. The summed E-state index contributed by atoms with van der Waals surface area (Å²) in [6.45, 7) is -2.12. The molecule has 0 rings (SSSR count). The van der Waals surface area contributed by atoms with Gasteiger partial charge in [-0.1, -0.05) is 0 Å². The van der Waals surface area contributed by atoms with E-state index in [1.165, 1.54) is 0 Å². The fourth-order valence-electron chi connectivity index (χ4n) is 1.19. The van der Waals surface area contributed by atoms with Crippen LogP contribution in [0.5, 0.6) is 0 Å². The van der Waals surface area contributed by atoms with Crippen LogP contribution in [0.3, 0.4) is 0 Å². The van der Waals surface area contributed by atoms with Crippen molar-refractivity contribution in [1.29, 1.82) is 0 Å². The third kappa shape index (κ3) is 11.0. The first-order chi connectivity index (χ1) is 11.8. The predicted octanol–water partition coefficient (Wildman–Crippen LogP) is -9.62. The Kier molecular flexibility index (Phi) is 17.4. The summed E-state index contributed by atoms with van der Waals surface area (Å²) in [5.41, 5.74) is 0. The minimum Gasteiger partial charge on any atom is -0.547 e. The second kappa shape index (κ2) is 15.2. The average Bonchev–Trinajstić information content (AvgIpc) is 2.62. The van der Waals surface area contributed by atoms with E-state index < -0.39 is 73.3 Å². The summed E-state index contributed by atoms with van der Waals surface area (Å²) < 4.78 is 0. The van der Waals surface area contributed by atoms with Gasteiger partial charge in [-0.3, -0.25) is 9.59 Å². The van der Waals surface area contributed by atoms with Crippen molar-refractivity contribution in [3.05, 3.63) is 0 Å². The molecule has 14 nitrogen and oxygen atoms in total. The maximum Gasteiger partial charge on any atom is 2.00 e. The minimum atomic E-state index is -2.37. The van der Waals surface area contributed by atoms with Crippen molar-refractivity contribution in [1.82, 2.24) is 0 Å². The molecule has 6 atom stereocenters. The van der Waals surface area contributed by atoms with Crippen LogP contribution in [0.4, 0.5) is 0 Å². The molecule has 0 amide bonds. The molecule has 0 spiro atoms. The molecule has 0 heterocycles. The van der Waals surface area contributed by atoms with E-state index in [9.17, 15) is 29.4 Å². The third-order valence-electron chi connectivity index (χ3n) is 2.75. The summed E-state index contributed by atoms with van der Waals surface area (Å²) in [5, 5.41) is 88.7. The maximum atomic E-state index is 10.5. The largest absolute Gasteiger partial charge is 2.00 e. The van der Waals surface area contributed by atoms with Gasteiger partial charge in [-0.25, -0.2) is 0 Å². The normalized spacial score (nSPS) is 16.9. The molecule has 0 unspecified atom stereocenters. The van der Waals surface area contributed by atoms with Crippen LogP contribution in [0.15, 0.2) is 0 Å². The van der Waals surface area contributed by atoms with Crippen molar-refractivity contribution in [3.63, 3.8) is 0 Å². The number of hydrogen-bond donors (Lipinski definition) is 8. The fraction of sp³-hybridized carbons (Fsp3) is 0.667. The van der Waals surface area contributed by atoms with E-state index in [1.807, 2.05) is 0 Å². The number of ketones is 2. The zero-order valence-electron chi connectivity index (χ0n) is 13.6. The number of aliphatic hydroxyl groups is 8. The summed E-state index contributed by atoms with van der Waals surface area (Å²) in [7, 11) is 0. The standard InChI is InChI=1S/2C6H10O7.Ca/c2*7-1-2(8)3(9)4(10)5(11)6(12)13;/h2*3-5,7,9-11H,1H2,(H,12,13);/q;;+2/p-2/t2*3-,4+,5-;/m11./s1. The van der Waals surface area contributed by atoms with E-state index in [1.54, 1.807) is 0 Å². The van der Waals surface area contributed by atoms with Gasteiger partial charge in [0.25, 0.3) is 0 Å². The summed E-state index contributed by atoms with van der Waals surface area (Å²) in [6.07, 6.45) is -13.4. The molecule has 152 valence electrons. The predicted molar refractivity (Wildman–Crippen MR) is 76.0 cm³/mol. The second-order valence-corrected chi connectivity index (χ2v) is 4.65. The molecule has 0 bridgehead atoms. The van der Waals surface area contributed by atoms with Gasteiger partial charge in [0, 0.05) is 0 Å². The second-order valence-electron chi connectivity index (χ2n) is 4.65. The van der Waals surface area contributed by atoms with Crippen LogP contribution in [-0.4, -0.2) is 152 Å². The molecule has 0 aliphatic carbocycles. The average molecular weight is 426 g/mol. The van der Waals surface area contributed by atoms with E-state index in [0.717, 1.165) is 0 Å². The Hall–Kier alpha value is -0.780. The van der Waals surface area contributed by atoms with Gasteiger partial charge in [-0.2, -0.15) is 0 Å². The Morgan fingerprint density at radius 2 is 0.815 bits per heavy atom. The van der Waals surface area contributed by atoms with E-state index in [0.29, 0.717) is 0 Å². The first kappa shape index (κ1) is 30.9. The first-order valence-corrected chi connectivity index (χ1v) is 6.60. The van der Waals surface area contributed by atoms with Crippen LogP contribution in [0.1, 0.15) is 0 Å². The van der Waals surface area contributed by atoms with Crippen molar-refractivity contribution in [3.8, 4) is 0 Å². The zero-order valence-corrected chi connectivity index (χ0v) is 15.8. The Bertz CT molecular complexity index is 452. The summed E-state index contributed by atoms with van der Waals surface area (Å²) >= 11 is 0. The first-order valence-electron chi connectivity index (χ1n) is 6.60. The number of aliphatic hydroxyl groups excluding tert-OH is 8. The van der Waals surface area contributed by atoms with Gasteiger partial charge in [-0.05, 0) is 0 Å². The van der Waals surface area contributed by atoms with Crippen LogP contribution < -0.4 is 10.2 Å². The van der Waals surface area contributed by atoms with E-state index in [-0.39, 0.29) is 37.7 Å². The van der Waals surface area contributed by atoms with Gasteiger partial charge >= 0.3 is 37.7 Å². The van der Waals surface area contributed by atoms with Crippen molar-refractivity contribution in [2.45, 2.75) is 36.6 Å². The topological polar surface area (TPSA) is 276 Å². The molecule has 0 aromatic heterocycles. The number of hydrogen-bond acceptors (Lipinski definition) is 14. The molecule has 0 radical (unpaired) electrons. The van der Waals surface area contributed by atoms with Gasteiger partial charge in [-0.15, -0.1) is 0 Å². The van der Waals surface area contributed by atoms with Gasteiger partial charge in [0.1, 0.15) is 49.8 Å². The monoisotopic (exact) mass is 426 g/mol. The number of rotatable bonds is 10. The number of carboxylic acids is 2. The van der Waals surface area contributed by atoms with Crippen LogP contribution in [-0.2, 0) is 19.2 Å². The number of carboxylic acid groups (broad SMARTS) is 2. The maximum absolute atomic E-state index is 10.5. The summed E-state index contributed by atoms with van der Waals surface area (Å²) in [6, 6.07) is 0. The van der Waals surface area contributed by atoms with Crippen molar-refractivity contribution in [2.24, 2.45) is 0 Å². The van der Waals surface area contributed by atoms with Crippen molar-refractivity contribution < 1.29 is 70.2 Å². The molecule has 0 fully saturated rings. The summed E-state index contributed by atoms with van der Waals surface area (Å²) in [5.74, 6) is -6.41. The van der Waals surface area contributed by atoms with E-state index in [4.69, 9.17) is 40.9 Å². The minimum absolute atomic E-state index is 0. The van der Waals surface area contributed by atoms with Crippen LogP contribution in [0.25, 0.3) is 0 Å². The SMILES string of the molecule is O=C(CO)[C@@H](O)[C@H](O)[C@@H](O)C(=O)[O-].O=C(CO)[C@@H](O)[C@H](O)[C@@H](O)C(=O)[O-].[Ca+2]. The van der Waals surface area contributed by atoms with Crippen molar-refractivity contribution >= 4 is 61.2 Å². The number of carbonyl (C=O) groups excluding carboxylic acids is 4. The van der Waals surface area contributed by atoms with Gasteiger partial charge < -0.3 is 60.7 Å². The molecule has 15 heteroatoms. The molecular weight excluding hydrogens is 408 g/mol. The molecule has 8 N–H and O–H groups in total. The molecule has 0 aliphatic heterocycles. The zero-order chi connectivity index (χ0) is 21.2. The van der Waals surface area contributed by atoms with Crippen LogP contribution in [0.2, 0.25) is 0 Å². The molecule has 27 heavy (non-hydrogen) atoms. The smallest absolute Gasteiger partial charge is 0.547 e. The Morgan fingerprint density at radius 3 is 0.963 bits per heavy atom. The Labute approximate surface area is 180 Å². The quantitative estimate of drug-likeness (QED) is 0.151. The third-order valence-corrected chi connectivity index (χ3v) is 2.75. The number of aliphatic carboxylic acids is 2.